The van der Waals surface area contributed by atoms with Gasteiger partial charge >= 0.3 is 6.09 Å². The Morgan fingerprint density at radius 3 is 1.36 bits per heavy atom. The maximum Gasteiger partial charge on any atom is 0.404 e. The predicted molar refractivity (Wildman–Crippen MR) is 122 cm³/mol. The zero-order valence-corrected chi connectivity index (χ0v) is 24.9. The number of hydrogen-bond donors (Lipinski definition) is 1. The van der Waals surface area contributed by atoms with Gasteiger partial charge in [-0.25, -0.2) is 4.79 Å². The second kappa shape index (κ2) is 10.1. The molecule has 0 aromatic heterocycles. The van der Waals surface area contributed by atoms with E-state index in [0.29, 0.717) is 6.61 Å². The first-order valence-corrected chi connectivity index (χ1v) is 23.0. The summed E-state index contributed by atoms with van der Waals surface area (Å²) in [5, 5.41) is 0. The molecular weight excluding hydrogens is 419 g/mol. The van der Waals surface area contributed by atoms with Gasteiger partial charge in [0.25, 0.3) is 0 Å². The van der Waals surface area contributed by atoms with E-state index in [2.05, 4.69) is 58.9 Å². The van der Waals surface area contributed by atoms with E-state index in [1.165, 1.54) is 0 Å². The molecule has 25 heavy (non-hydrogen) atoms. The SMILES string of the molecule is C[Si](C)(C)O[SiH2]C(CCOC(N)=O)([SiH2]O[Si](C)(C)C)[SiH2]O[Si](C)(C)C. The van der Waals surface area contributed by atoms with E-state index in [1.807, 2.05) is 0 Å². The molecule has 1 amide bonds. The third-order valence-corrected chi connectivity index (χ3v) is 22.0. The standard InChI is InChI=1S/C13H39NO5Si6/c1-23(2,3)17-20-13(10-11-16-12(14)15,21-18-24(4,5)6)22-19-25(7,8)9/h10-11,20-22H2,1-9H3,(H2,14,15). The number of amides is 1. The number of nitrogens with two attached hydrogens (primary N) is 1. The van der Waals surface area contributed by atoms with Gasteiger partial charge in [-0.1, -0.05) is 0 Å². The van der Waals surface area contributed by atoms with Crippen LogP contribution in [0.4, 0.5) is 4.79 Å². The van der Waals surface area contributed by atoms with E-state index in [-0.39, 0.29) is 4.28 Å². The first-order chi connectivity index (χ1) is 11.0. The highest BCUT2D eigenvalue weighted by Gasteiger charge is 2.38. The van der Waals surface area contributed by atoms with Crippen molar-refractivity contribution in [2.45, 2.75) is 69.6 Å². The lowest BCUT2D eigenvalue weighted by Crippen LogP contribution is -2.47. The number of rotatable bonds is 12. The van der Waals surface area contributed by atoms with Crippen LogP contribution in [0.25, 0.3) is 0 Å². The Kier molecular flexibility index (Phi) is 10.3. The van der Waals surface area contributed by atoms with Crippen LogP contribution in [0.15, 0.2) is 0 Å². The van der Waals surface area contributed by atoms with Crippen LogP contribution in [0.3, 0.4) is 0 Å². The third-order valence-electron chi connectivity index (χ3n) is 3.31. The average molecular weight is 458 g/mol. The van der Waals surface area contributed by atoms with Crippen LogP contribution < -0.4 is 5.73 Å². The van der Waals surface area contributed by atoms with Gasteiger partial charge in [0.05, 0.1) is 6.61 Å². The molecule has 12 heteroatoms. The minimum atomic E-state index is -1.59. The van der Waals surface area contributed by atoms with E-state index in [1.54, 1.807) is 0 Å². The Bertz CT molecular complexity index is 373. The molecule has 0 aromatic carbocycles. The molecule has 0 saturated heterocycles. The van der Waals surface area contributed by atoms with Crippen LogP contribution in [0.5, 0.6) is 0 Å². The number of hydrogen-bond acceptors (Lipinski definition) is 5. The summed E-state index contributed by atoms with van der Waals surface area (Å²) in [6, 6.07) is 0. The Hall–Kier alpha value is 0.451. The minimum absolute atomic E-state index is 0.0797. The molecule has 0 aromatic rings. The summed E-state index contributed by atoms with van der Waals surface area (Å²) < 4.78 is 24.4. The highest BCUT2D eigenvalue weighted by Crippen LogP contribution is 2.31. The van der Waals surface area contributed by atoms with Crippen LogP contribution in [-0.4, -0.2) is 66.9 Å². The number of carbonyl (C=O) groups excluding carboxylic acids is 1. The summed E-state index contributed by atoms with van der Waals surface area (Å²) in [5.74, 6) is 0. The fourth-order valence-electron chi connectivity index (χ4n) is 1.82. The Morgan fingerprint density at radius 2 is 1.12 bits per heavy atom. The summed E-state index contributed by atoms with van der Waals surface area (Å²) in [4.78, 5) is 11.0. The maximum atomic E-state index is 11.0. The number of ether oxygens (including phenoxy) is 1. The first-order valence-electron chi connectivity index (χ1n) is 8.88. The molecule has 150 valence electrons. The lowest BCUT2D eigenvalue weighted by atomic mass is 10.5. The lowest BCUT2D eigenvalue weighted by molar-refractivity contribution is 0.154. The normalized spacial score (nSPS) is 17.2. The van der Waals surface area contributed by atoms with Crippen molar-refractivity contribution >= 4 is 60.3 Å². The largest absolute Gasteiger partial charge is 0.461 e. The number of primary amides is 1. The molecule has 0 unspecified atom stereocenters. The van der Waals surface area contributed by atoms with Crippen molar-refractivity contribution in [3.8, 4) is 0 Å². The Labute approximate surface area is 164 Å². The van der Waals surface area contributed by atoms with Gasteiger partial charge in [0.2, 0.25) is 0 Å². The quantitative estimate of drug-likeness (QED) is 0.447. The average Bonchev–Trinajstić information content (AvgIpc) is 2.37. The molecule has 0 spiro atoms. The van der Waals surface area contributed by atoms with Crippen molar-refractivity contribution < 1.29 is 21.9 Å². The minimum Gasteiger partial charge on any atom is -0.461 e. The van der Waals surface area contributed by atoms with E-state index in [0.717, 1.165) is 6.42 Å². The molecule has 0 rings (SSSR count). The molecule has 6 nitrogen and oxygen atoms in total. The predicted octanol–water partition coefficient (Wildman–Crippen LogP) is 1.35. The van der Waals surface area contributed by atoms with Gasteiger partial charge in [0.1, 0.15) is 0 Å². The van der Waals surface area contributed by atoms with E-state index >= 15 is 0 Å². The van der Waals surface area contributed by atoms with Crippen LogP contribution in [0.1, 0.15) is 6.42 Å². The van der Waals surface area contributed by atoms with Crippen LogP contribution >= 0.6 is 0 Å². The topological polar surface area (TPSA) is 80.0 Å². The zero-order valence-electron chi connectivity index (χ0n) is 17.7. The van der Waals surface area contributed by atoms with Crippen molar-refractivity contribution in [1.82, 2.24) is 0 Å². The number of carbonyl (C=O) groups is 1. The van der Waals surface area contributed by atoms with Crippen LogP contribution in [-0.2, 0) is 17.1 Å². The van der Waals surface area contributed by atoms with Gasteiger partial charge in [-0.3, -0.25) is 0 Å². The molecule has 0 heterocycles. The summed E-state index contributed by atoms with van der Waals surface area (Å²) in [7, 11) is -7.24. The molecule has 0 bridgehead atoms. The Balaban J connectivity index is 5.29. The van der Waals surface area contributed by atoms with Gasteiger partial charge in [0, 0.05) is 4.28 Å². The van der Waals surface area contributed by atoms with Crippen molar-refractivity contribution in [3.05, 3.63) is 0 Å². The van der Waals surface area contributed by atoms with Crippen LogP contribution in [0.2, 0.25) is 63.2 Å². The second-order valence-electron chi connectivity index (χ2n) is 9.62. The van der Waals surface area contributed by atoms with Crippen molar-refractivity contribution in [2.24, 2.45) is 5.73 Å². The monoisotopic (exact) mass is 457 g/mol. The fourth-order valence-corrected chi connectivity index (χ4v) is 18.1. The summed E-state index contributed by atoms with van der Waals surface area (Å²) in [6.07, 6.45) is 0.0855. The molecule has 0 fully saturated rings. The molecule has 0 aliphatic heterocycles. The fraction of sp³-hybridized carbons (Fsp3) is 0.923. The van der Waals surface area contributed by atoms with Gasteiger partial charge in [-0.05, 0) is 65.3 Å². The molecular formula is C13H39NO5Si6. The highest BCUT2D eigenvalue weighted by atomic mass is 28.4. The summed E-state index contributed by atoms with van der Waals surface area (Å²) >= 11 is 0. The second-order valence-corrected chi connectivity index (χ2v) is 34.1. The van der Waals surface area contributed by atoms with Gasteiger partial charge < -0.3 is 22.8 Å². The van der Waals surface area contributed by atoms with E-state index < -0.39 is 60.3 Å². The third kappa shape index (κ3) is 15.2. The molecule has 0 radical (unpaired) electrons. The van der Waals surface area contributed by atoms with Crippen molar-refractivity contribution in [3.63, 3.8) is 0 Å². The molecule has 0 aliphatic rings. The first kappa shape index (κ1) is 25.5. The Morgan fingerprint density at radius 1 is 0.800 bits per heavy atom. The van der Waals surface area contributed by atoms with Gasteiger partial charge in [0.15, 0.2) is 54.2 Å². The zero-order chi connectivity index (χ0) is 19.9. The van der Waals surface area contributed by atoms with Gasteiger partial charge in [-0.2, -0.15) is 0 Å². The maximum absolute atomic E-state index is 11.0. The van der Waals surface area contributed by atoms with Crippen molar-refractivity contribution in [2.75, 3.05) is 6.61 Å². The van der Waals surface area contributed by atoms with Crippen LogP contribution in [0, 0.1) is 0 Å². The summed E-state index contributed by atoms with van der Waals surface area (Å²) in [6.45, 7) is 20.4. The molecule has 0 aliphatic carbocycles. The lowest BCUT2D eigenvalue weighted by Gasteiger charge is -2.38. The smallest absolute Gasteiger partial charge is 0.404 e. The highest BCUT2D eigenvalue weighted by molar-refractivity contribution is 6.86. The molecule has 0 saturated carbocycles. The van der Waals surface area contributed by atoms with Gasteiger partial charge in [-0.15, -0.1) is 0 Å². The summed E-state index contributed by atoms with van der Waals surface area (Å²) in [5.41, 5.74) is 5.15. The van der Waals surface area contributed by atoms with Crippen molar-refractivity contribution in [1.29, 1.82) is 0 Å². The van der Waals surface area contributed by atoms with E-state index in [4.69, 9.17) is 22.8 Å². The van der Waals surface area contributed by atoms with E-state index in [9.17, 15) is 4.79 Å². The molecule has 2 N–H and O–H groups in total. The molecule has 0 atom stereocenters.